The summed E-state index contributed by atoms with van der Waals surface area (Å²) in [6.45, 7) is 2.01. The molecule has 6 heteroatoms. The van der Waals surface area contributed by atoms with Gasteiger partial charge < -0.3 is 9.13 Å². The number of rotatable bonds is 21. The lowest BCUT2D eigenvalue weighted by molar-refractivity contribution is 0.536. The van der Waals surface area contributed by atoms with Gasteiger partial charge in [0.1, 0.15) is 0 Å². The van der Waals surface area contributed by atoms with E-state index >= 15 is 0 Å². The first-order valence-electron chi connectivity index (χ1n) is 33.5. The van der Waals surface area contributed by atoms with Crippen LogP contribution in [0.25, 0.3) is 89.2 Å². The fraction of sp³-hybridized carbons (Fsp3) is 0.114. The van der Waals surface area contributed by atoms with Crippen LogP contribution in [0.2, 0.25) is 0 Å². The minimum absolute atomic E-state index is 1.00. The Balaban J connectivity index is 0.535. The van der Waals surface area contributed by atoms with Crippen LogP contribution in [0, 0.1) is 0 Å². The number of hydrazone groups is 2. The number of aromatic nitrogens is 2. The number of para-hydroxylation sites is 4. The molecule has 0 atom stereocenters. The van der Waals surface area contributed by atoms with Crippen molar-refractivity contribution < 1.29 is 0 Å². The summed E-state index contributed by atoms with van der Waals surface area (Å²) in [5, 5.41) is 19.6. The maximum Gasteiger partial charge on any atom is 0.0653 e. The van der Waals surface area contributed by atoms with Crippen molar-refractivity contribution >= 4 is 102 Å². The number of hydrogen-bond acceptors (Lipinski definition) is 4. The Morgan fingerprint density at radius 3 is 0.904 bits per heavy atom. The quantitative estimate of drug-likeness (QED) is 0.0409. The van der Waals surface area contributed by atoms with Crippen molar-refractivity contribution in [2.75, 3.05) is 10.0 Å². The molecule has 14 aromatic rings. The van der Waals surface area contributed by atoms with Gasteiger partial charge in [0.2, 0.25) is 0 Å². The maximum atomic E-state index is 5.18. The predicted molar refractivity (Wildman–Crippen MR) is 399 cm³/mol. The molecule has 0 fully saturated rings. The van der Waals surface area contributed by atoms with Crippen LogP contribution in [0.4, 0.5) is 22.7 Å². The van der Waals surface area contributed by atoms with Crippen LogP contribution in [0.1, 0.15) is 95.9 Å². The average Bonchev–Trinajstić information content (AvgIpc) is 1.65. The van der Waals surface area contributed by atoms with Crippen molar-refractivity contribution in [1.82, 2.24) is 9.13 Å². The highest BCUT2D eigenvalue weighted by atomic mass is 15.5. The molecular formula is C88H72N6. The highest BCUT2D eigenvalue weighted by molar-refractivity contribution is 6.12. The van der Waals surface area contributed by atoms with Crippen LogP contribution < -0.4 is 10.0 Å². The van der Waals surface area contributed by atoms with Crippen LogP contribution in [0.15, 0.2) is 301 Å². The summed E-state index contributed by atoms with van der Waals surface area (Å²) in [7, 11) is 0. The van der Waals surface area contributed by atoms with Gasteiger partial charge in [0.25, 0.3) is 0 Å². The van der Waals surface area contributed by atoms with Crippen LogP contribution >= 0.6 is 0 Å². The lowest BCUT2D eigenvalue weighted by atomic mass is 10.0. The van der Waals surface area contributed by atoms with Crippen molar-refractivity contribution in [3.63, 3.8) is 0 Å². The minimum Gasteiger partial charge on any atom is -0.340 e. The van der Waals surface area contributed by atoms with E-state index in [-0.39, 0.29) is 0 Å². The third-order valence-corrected chi connectivity index (χ3v) is 19.1. The van der Waals surface area contributed by atoms with Crippen LogP contribution in [0.3, 0.4) is 0 Å². The Labute approximate surface area is 550 Å². The summed E-state index contributed by atoms with van der Waals surface area (Å²) in [5.74, 6) is 0. The topological polar surface area (TPSA) is 41.1 Å². The van der Waals surface area contributed by atoms with Gasteiger partial charge in [-0.3, -0.25) is 0 Å². The molecular weight excluding hydrogens is 1140 g/mol. The molecule has 0 N–H and O–H groups in total. The number of anilines is 4. The van der Waals surface area contributed by atoms with E-state index in [1.54, 1.807) is 0 Å². The lowest BCUT2D eigenvalue weighted by Crippen LogP contribution is -2.09. The van der Waals surface area contributed by atoms with Gasteiger partial charge in [0, 0.05) is 56.7 Å². The summed E-state index contributed by atoms with van der Waals surface area (Å²) in [6.07, 6.45) is 18.5. The number of hydrogen-bond donors (Lipinski definition) is 0. The number of benzene rings is 12. The second-order valence-electron chi connectivity index (χ2n) is 25.0. The zero-order valence-corrected chi connectivity index (χ0v) is 52.8. The van der Waals surface area contributed by atoms with Crippen molar-refractivity contribution in [3.05, 3.63) is 336 Å². The van der Waals surface area contributed by atoms with E-state index in [1.165, 1.54) is 138 Å². The third-order valence-electron chi connectivity index (χ3n) is 19.1. The lowest BCUT2D eigenvalue weighted by Gasteiger charge is -2.19. The van der Waals surface area contributed by atoms with E-state index in [4.69, 9.17) is 10.2 Å². The molecule has 2 aromatic heterocycles. The summed E-state index contributed by atoms with van der Waals surface area (Å²) in [4.78, 5) is 0. The number of aryl methyl sites for hydroxylation is 2. The molecule has 0 saturated carbocycles. The number of nitrogens with zero attached hydrogens (tertiary/aromatic N) is 6. The van der Waals surface area contributed by atoms with Crippen molar-refractivity contribution in [3.8, 4) is 22.3 Å². The van der Waals surface area contributed by atoms with Crippen molar-refractivity contribution in [2.45, 2.75) is 64.5 Å². The molecule has 2 aliphatic carbocycles. The zero-order valence-electron chi connectivity index (χ0n) is 52.8. The second-order valence-corrected chi connectivity index (χ2v) is 25.0. The van der Waals surface area contributed by atoms with E-state index in [2.05, 4.69) is 312 Å². The van der Waals surface area contributed by atoms with Gasteiger partial charge >= 0.3 is 0 Å². The molecule has 2 aliphatic rings. The second kappa shape index (κ2) is 26.1. The molecule has 2 heterocycles. The highest BCUT2D eigenvalue weighted by Crippen LogP contribution is 2.47. The summed E-state index contributed by atoms with van der Waals surface area (Å²) >= 11 is 0. The van der Waals surface area contributed by atoms with Crippen LogP contribution in [-0.2, 0) is 13.1 Å². The van der Waals surface area contributed by atoms with Gasteiger partial charge in [-0.25, -0.2) is 10.0 Å². The largest absolute Gasteiger partial charge is 0.340 e. The number of fused-ring (bicyclic) bond motifs is 12. The van der Waals surface area contributed by atoms with Gasteiger partial charge in [0.05, 0.1) is 35.2 Å². The van der Waals surface area contributed by atoms with E-state index in [0.717, 1.165) is 70.9 Å². The number of unbranched alkanes of at least 4 members (excludes halogenated alkanes) is 7. The maximum absolute atomic E-state index is 5.18. The molecule has 0 radical (unpaired) electrons. The Kier molecular flexibility index (Phi) is 16.0. The van der Waals surface area contributed by atoms with Gasteiger partial charge in [-0.2, -0.15) is 10.2 Å². The SMILES string of the molecule is C(=NN(c1ccccc1)c1ccc(C=C2c3ccccc3-c3ccccc32)cc1)c1ccc2c(c1)c1ccccc1n2CCCCCCCCCCn1c2ccccc2c2cc(C=NN(c3ccccc3)c3ccc(C=C4c5ccccc5-c5ccccc54)cc3)ccc21. The monoisotopic (exact) mass is 1210 g/mol. The van der Waals surface area contributed by atoms with Gasteiger partial charge in [0.15, 0.2) is 0 Å². The smallest absolute Gasteiger partial charge is 0.0653 e. The fourth-order valence-corrected chi connectivity index (χ4v) is 14.5. The van der Waals surface area contributed by atoms with Gasteiger partial charge in [-0.15, -0.1) is 0 Å². The van der Waals surface area contributed by atoms with Gasteiger partial charge in [-0.1, -0.05) is 245 Å². The normalized spacial score (nSPS) is 12.3. The Bertz CT molecular complexity index is 4780. The molecule has 0 spiro atoms. The van der Waals surface area contributed by atoms with E-state index < -0.39 is 0 Å². The van der Waals surface area contributed by atoms with E-state index in [0.29, 0.717) is 0 Å². The molecule has 454 valence electrons. The Morgan fingerprint density at radius 1 is 0.245 bits per heavy atom. The first-order chi connectivity index (χ1) is 46.6. The molecule has 0 unspecified atom stereocenters. The molecule has 0 amide bonds. The molecule has 0 bridgehead atoms. The first kappa shape index (κ1) is 57.8. The molecule has 16 rings (SSSR count). The van der Waals surface area contributed by atoms with Gasteiger partial charge in [-0.05, 0) is 188 Å². The van der Waals surface area contributed by atoms with Crippen LogP contribution in [-0.4, -0.2) is 21.6 Å². The van der Waals surface area contributed by atoms with E-state index in [1.807, 2.05) is 22.4 Å². The zero-order chi connectivity index (χ0) is 62.6. The summed E-state index contributed by atoms with van der Waals surface area (Å²) in [5.41, 5.74) is 26.4. The van der Waals surface area contributed by atoms with Crippen LogP contribution in [0.5, 0.6) is 0 Å². The first-order valence-corrected chi connectivity index (χ1v) is 33.5. The minimum atomic E-state index is 1.00. The molecule has 6 nitrogen and oxygen atoms in total. The molecule has 94 heavy (non-hydrogen) atoms. The summed E-state index contributed by atoms with van der Waals surface area (Å²) < 4.78 is 5.08. The van der Waals surface area contributed by atoms with Crippen molar-refractivity contribution in [2.24, 2.45) is 10.2 Å². The molecule has 0 aliphatic heterocycles. The fourth-order valence-electron chi connectivity index (χ4n) is 14.5. The third kappa shape index (κ3) is 11.4. The van der Waals surface area contributed by atoms with Crippen molar-refractivity contribution in [1.29, 1.82) is 0 Å². The predicted octanol–water partition coefficient (Wildman–Crippen LogP) is 23.2. The Morgan fingerprint density at radius 2 is 0.532 bits per heavy atom. The molecule has 12 aromatic carbocycles. The average molecular weight is 1210 g/mol. The summed E-state index contributed by atoms with van der Waals surface area (Å²) in [6, 6.07) is 105. The van der Waals surface area contributed by atoms with E-state index in [9.17, 15) is 0 Å². The standard InChI is InChI=1S/C88H72N6/c1(3-5-25-55-91-85-41-23-21-39-79(85)83-59-65(47-53-87(83)91)61-89-93(67-27-9-7-10-28-67)69-49-43-63(44-50-69)57-81-75-35-17-13-31-71(75)72-32-14-18-36-76(72)81)2-4-6-26-56-92-86-42-24-22-40-80(86)84-60-66(48-54-88(84)92)62-90-94(68-29-11-8-12-30-68)70-51-45-64(46-52-70)58-82-77-37-19-15-33-73(77)74-34-16-20-38-78(74)82/h7-24,27-54,57-62H,1-6,25-26,55-56H2. The molecule has 0 saturated heterocycles. The highest BCUT2D eigenvalue weighted by Gasteiger charge is 2.24. The Hall–Kier alpha value is -11.3.